The summed E-state index contributed by atoms with van der Waals surface area (Å²) in [4.78, 5) is 6.64. The molecular formula is C13H23N3O. The molecule has 1 fully saturated rings. The molecule has 0 spiro atoms. The summed E-state index contributed by atoms with van der Waals surface area (Å²) in [5, 5.41) is 3.50. The Morgan fingerprint density at radius 1 is 1.41 bits per heavy atom. The topological polar surface area (TPSA) is 41.3 Å². The number of hydrogen-bond acceptors (Lipinski definition) is 4. The molecule has 1 aromatic heterocycles. The van der Waals surface area contributed by atoms with Gasteiger partial charge in [0.25, 0.3) is 0 Å². The lowest BCUT2D eigenvalue weighted by molar-refractivity contribution is 0.207. The zero-order valence-electron chi connectivity index (χ0n) is 10.9. The van der Waals surface area contributed by atoms with Gasteiger partial charge in [-0.2, -0.15) is 0 Å². The zero-order chi connectivity index (χ0) is 12.1. The number of oxazole rings is 1. The fraction of sp³-hybridized carbons (Fsp3) is 0.769. The first-order chi connectivity index (χ1) is 8.25. The first-order valence-corrected chi connectivity index (χ1v) is 6.60. The molecule has 0 amide bonds. The molecule has 0 radical (unpaired) electrons. The minimum absolute atomic E-state index is 0.498. The largest absolute Gasteiger partial charge is 0.447 e. The SMILES string of the molecule is Cc1ncoc1CNC(C)CN1CCCCC1. The molecule has 1 aromatic rings. The van der Waals surface area contributed by atoms with Crippen molar-refractivity contribution >= 4 is 0 Å². The summed E-state index contributed by atoms with van der Waals surface area (Å²) in [6.07, 6.45) is 5.62. The molecule has 1 unspecified atom stereocenters. The van der Waals surface area contributed by atoms with Gasteiger partial charge < -0.3 is 14.6 Å². The number of nitrogens with one attached hydrogen (secondary N) is 1. The molecule has 2 heterocycles. The van der Waals surface area contributed by atoms with Gasteiger partial charge in [0, 0.05) is 12.6 Å². The quantitative estimate of drug-likeness (QED) is 0.850. The maximum absolute atomic E-state index is 5.32. The second kappa shape index (κ2) is 6.17. The van der Waals surface area contributed by atoms with Gasteiger partial charge in [0.15, 0.2) is 6.39 Å². The summed E-state index contributed by atoms with van der Waals surface area (Å²) in [5.41, 5.74) is 0.989. The van der Waals surface area contributed by atoms with Gasteiger partial charge in [0.2, 0.25) is 0 Å². The first kappa shape index (κ1) is 12.6. The average molecular weight is 237 g/mol. The van der Waals surface area contributed by atoms with Crippen LogP contribution in [0.1, 0.15) is 37.6 Å². The van der Waals surface area contributed by atoms with Crippen LogP contribution in [0, 0.1) is 6.92 Å². The number of hydrogen-bond donors (Lipinski definition) is 1. The smallest absolute Gasteiger partial charge is 0.181 e. The predicted octanol–water partition coefficient (Wildman–Crippen LogP) is 1.95. The van der Waals surface area contributed by atoms with E-state index in [2.05, 4.69) is 22.1 Å². The predicted molar refractivity (Wildman–Crippen MR) is 67.8 cm³/mol. The van der Waals surface area contributed by atoms with Gasteiger partial charge in [0.05, 0.1) is 12.2 Å². The number of likely N-dealkylation sites (tertiary alicyclic amines) is 1. The van der Waals surface area contributed by atoms with Gasteiger partial charge in [-0.15, -0.1) is 0 Å². The van der Waals surface area contributed by atoms with Crippen LogP contribution in [-0.4, -0.2) is 35.6 Å². The lowest BCUT2D eigenvalue weighted by Crippen LogP contribution is -2.41. The standard InChI is InChI=1S/C13H23N3O/c1-11(9-16-6-4-3-5-7-16)14-8-13-12(2)15-10-17-13/h10-11,14H,3-9H2,1-2H3. The molecule has 0 saturated carbocycles. The number of piperidine rings is 1. The Labute approximate surface area is 103 Å². The van der Waals surface area contributed by atoms with Gasteiger partial charge in [-0.05, 0) is 39.8 Å². The lowest BCUT2D eigenvalue weighted by Gasteiger charge is -2.29. The molecule has 96 valence electrons. The maximum atomic E-state index is 5.32. The average Bonchev–Trinajstić information content (AvgIpc) is 2.74. The second-order valence-corrected chi connectivity index (χ2v) is 5.00. The van der Waals surface area contributed by atoms with Crippen molar-refractivity contribution in [3.8, 4) is 0 Å². The number of rotatable bonds is 5. The van der Waals surface area contributed by atoms with E-state index in [4.69, 9.17) is 4.42 Å². The van der Waals surface area contributed by atoms with Crippen molar-refractivity contribution in [2.75, 3.05) is 19.6 Å². The van der Waals surface area contributed by atoms with Crippen LogP contribution in [0.4, 0.5) is 0 Å². The Balaban J connectivity index is 1.70. The van der Waals surface area contributed by atoms with Crippen molar-refractivity contribution < 1.29 is 4.42 Å². The van der Waals surface area contributed by atoms with E-state index in [9.17, 15) is 0 Å². The maximum Gasteiger partial charge on any atom is 0.181 e. The third-order valence-electron chi connectivity index (χ3n) is 3.44. The fourth-order valence-corrected chi connectivity index (χ4v) is 2.36. The van der Waals surface area contributed by atoms with E-state index in [1.54, 1.807) is 0 Å². The van der Waals surface area contributed by atoms with E-state index in [0.29, 0.717) is 6.04 Å². The summed E-state index contributed by atoms with van der Waals surface area (Å²) in [5.74, 6) is 0.954. The third-order valence-corrected chi connectivity index (χ3v) is 3.44. The number of aromatic nitrogens is 1. The van der Waals surface area contributed by atoms with Crippen molar-refractivity contribution in [2.24, 2.45) is 0 Å². The highest BCUT2D eigenvalue weighted by Gasteiger charge is 2.13. The summed E-state index contributed by atoms with van der Waals surface area (Å²) in [6.45, 7) is 8.64. The summed E-state index contributed by atoms with van der Waals surface area (Å²) >= 11 is 0. The normalized spacial score (nSPS) is 19.4. The van der Waals surface area contributed by atoms with Crippen molar-refractivity contribution in [3.05, 3.63) is 17.8 Å². The Hall–Kier alpha value is -0.870. The molecule has 0 aromatic carbocycles. The van der Waals surface area contributed by atoms with Crippen LogP contribution in [0.5, 0.6) is 0 Å². The minimum Gasteiger partial charge on any atom is -0.447 e. The van der Waals surface area contributed by atoms with Crippen LogP contribution in [-0.2, 0) is 6.54 Å². The molecule has 1 saturated heterocycles. The molecule has 0 bridgehead atoms. The highest BCUT2D eigenvalue weighted by atomic mass is 16.3. The monoisotopic (exact) mass is 237 g/mol. The van der Waals surface area contributed by atoms with Gasteiger partial charge in [-0.1, -0.05) is 6.42 Å². The van der Waals surface area contributed by atoms with Gasteiger partial charge in [-0.3, -0.25) is 0 Å². The Morgan fingerprint density at radius 2 is 2.18 bits per heavy atom. The van der Waals surface area contributed by atoms with Crippen LogP contribution >= 0.6 is 0 Å². The molecule has 1 atom stereocenters. The summed E-state index contributed by atoms with van der Waals surface area (Å²) in [7, 11) is 0. The lowest BCUT2D eigenvalue weighted by atomic mass is 10.1. The van der Waals surface area contributed by atoms with Crippen molar-refractivity contribution in [1.29, 1.82) is 0 Å². The molecule has 2 rings (SSSR count). The summed E-state index contributed by atoms with van der Waals surface area (Å²) < 4.78 is 5.32. The van der Waals surface area contributed by atoms with Crippen LogP contribution < -0.4 is 5.32 Å². The van der Waals surface area contributed by atoms with E-state index < -0.39 is 0 Å². The van der Waals surface area contributed by atoms with E-state index in [0.717, 1.165) is 24.5 Å². The Bertz CT molecular complexity index is 331. The van der Waals surface area contributed by atoms with Crippen LogP contribution in [0.25, 0.3) is 0 Å². The van der Waals surface area contributed by atoms with Crippen LogP contribution in [0.15, 0.2) is 10.8 Å². The highest BCUT2D eigenvalue weighted by molar-refractivity contribution is 5.03. The van der Waals surface area contributed by atoms with Crippen molar-refractivity contribution in [2.45, 2.75) is 45.7 Å². The van der Waals surface area contributed by atoms with Crippen molar-refractivity contribution in [3.63, 3.8) is 0 Å². The van der Waals surface area contributed by atoms with E-state index in [-0.39, 0.29) is 0 Å². The van der Waals surface area contributed by atoms with Crippen LogP contribution in [0.2, 0.25) is 0 Å². The molecule has 1 aliphatic rings. The molecule has 0 aliphatic carbocycles. The van der Waals surface area contributed by atoms with Gasteiger partial charge in [-0.25, -0.2) is 4.98 Å². The van der Waals surface area contributed by atoms with Gasteiger partial charge in [0.1, 0.15) is 5.76 Å². The fourth-order valence-electron chi connectivity index (χ4n) is 2.36. The van der Waals surface area contributed by atoms with Crippen LogP contribution in [0.3, 0.4) is 0 Å². The molecule has 4 heteroatoms. The highest BCUT2D eigenvalue weighted by Crippen LogP contribution is 2.09. The molecule has 4 nitrogen and oxygen atoms in total. The first-order valence-electron chi connectivity index (χ1n) is 6.60. The minimum atomic E-state index is 0.498. The molecule has 1 aliphatic heterocycles. The van der Waals surface area contributed by atoms with Gasteiger partial charge >= 0.3 is 0 Å². The number of nitrogens with zero attached hydrogens (tertiary/aromatic N) is 2. The van der Waals surface area contributed by atoms with E-state index in [1.165, 1.54) is 38.7 Å². The second-order valence-electron chi connectivity index (χ2n) is 5.00. The Kier molecular flexibility index (Phi) is 4.57. The summed E-state index contributed by atoms with van der Waals surface area (Å²) in [6, 6.07) is 0.498. The molecule has 1 N–H and O–H groups in total. The third kappa shape index (κ3) is 3.82. The zero-order valence-corrected chi connectivity index (χ0v) is 10.9. The Morgan fingerprint density at radius 3 is 2.82 bits per heavy atom. The molecule has 17 heavy (non-hydrogen) atoms. The van der Waals surface area contributed by atoms with E-state index >= 15 is 0 Å². The van der Waals surface area contributed by atoms with E-state index in [1.807, 2.05) is 6.92 Å². The molecular weight excluding hydrogens is 214 g/mol. The van der Waals surface area contributed by atoms with Crippen molar-refractivity contribution in [1.82, 2.24) is 15.2 Å². The number of aryl methyl sites for hydroxylation is 1.